The molecular formula is C20H19N7S. The van der Waals surface area contributed by atoms with Crippen LogP contribution in [0.15, 0.2) is 54.7 Å². The molecule has 140 valence electrons. The summed E-state index contributed by atoms with van der Waals surface area (Å²) in [6.45, 7) is 4.15. The highest BCUT2D eigenvalue weighted by Crippen LogP contribution is 2.26. The van der Waals surface area contributed by atoms with Crippen LogP contribution in [-0.4, -0.2) is 20.2 Å². The SMILES string of the molecule is Cc1ccc(Nc2ccnc(Nc3ccc(-c4nnc(N)s4)cc3)n2)c(C)c1. The second-order valence-electron chi connectivity index (χ2n) is 6.36. The van der Waals surface area contributed by atoms with Gasteiger partial charge in [-0.25, -0.2) is 4.98 Å². The summed E-state index contributed by atoms with van der Waals surface area (Å²) >= 11 is 1.36. The maximum absolute atomic E-state index is 5.64. The average molecular weight is 389 g/mol. The summed E-state index contributed by atoms with van der Waals surface area (Å²) in [5.74, 6) is 1.24. The molecule has 0 unspecified atom stereocenters. The largest absolute Gasteiger partial charge is 0.374 e. The first-order valence-corrected chi connectivity index (χ1v) is 9.52. The molecule has 8 heteroatoms. The Hall–Kier alpha value is -3.52. The molecule has 0 aliphatic rings. The molecule has 0 bridgehead atoms. The molecule has 0 aliphatic heterocycles. The van der Waals surface area contributed by atoms with E-state index in [0.717, 1.165) is 27.8 Å². The number of nitrogens with two attached hydrogens (primary N) is 1. The molecule has 2 aromatic heterocycles. The van der Waals surface area contributed by atoms with Gasteiger partial charge in [0.15, 0.2) is 0 Å². The third kappa shape index (κ3) is 4.07. The zero-order chi connectivity index (χ0) is 19.5. The molecule has 2 aromatic carbocycles. The van der Waals surface area contributed by atoms with Gasteiger partial charge in [-0.3, -0.25) is 0 Å². The van der Waals surface area contributed by atoms with Crippen molar-refractivity contribution in [2.45, 2.75) is 13.8 Å². The Morgan fingerprint density at radius 1 is 0.929 bits per heavy atom. The van der Waals surface area contributed by atoms with Crippen LogP contribution >= 0.6 is 11.3 Å². The van der Waals surface area contributed by atoms with Crippen molar-refractivity contribution in [3.63, 3.8) is 0 Å². The number of anilines is 5. The summed E-state index contributed by atoms with van der Waals surface area (Å²) in [6.07, 6.45) is 1.72. The fraction of sp³-hybridized carbons (Fsp3) is 0.100. The van der Waals surface area contributed by atoms with Crippen molar-refractivity contribution in [1.82, 2.24) is 20.2 Å². The van der Waals surface area contributed by atoms with Gasteiger partial charge in [0.25, 0.3) is 0 Å². The Morgan fingerprint density at radius 2 is 1.75 bits per heavy atom. The van der Waals surface area contributed by atoms with Crippen molar-refractivity contribution < 1.29 is 0 Å². The predicted molar refractivity (Wildman–Crippen MR) is 114 cm³/mol. The van der Waals surface area contributed by atoms with Gasteiger partial charge >= 0.3 is 0 Å². The topological polar surface area (TPSA) is 102 Å². The van der Waals surface area contributed by atoms with Crippen LogP contribution in [0, 0.1) is 13.8 Å². The number of nitrogen functional groups attached to an aromatic ring is 1. The molecule has 0 spiro atoms. The minimum Gasteiger partial charge on any atom is -0.374 e. The van der Waals surface area contributed by atoms with Crippen LogP contribution in [0.4, 0.5) is 28.3 Å². The van der Waals surface area contributed by atoms with Crippen LogP contribution in [0.5, 0.6) is 0 Å². The number of aromatic nitrogens is 4. The van der Waals surface area contributed by atoms with Crippen molar-refractivity contribution in [3.05, 3.63) is 65.9 Å². The lowest BCUT2D eigenvalue weighted by Gasteiger charge is -2.11. The Bertz CT molecular complexity index is 1110. The molecule has 28 heavy (non-hydrogen) atoms. The van der Waals surface area contributed by atoms with Gasteiger partial charge in [-0.15, -0.1) is 10.2 Å². The van der Waals surface area contributed by atoms with Crippen LogP contribution in [0.2, 0.25) is 0 Å². The number of nitrogens with one attached hydrogen (secondary N) is 2. The van der Waals surface area contributed by atoms with E-state index in [1.54, 1.807) is 6.20 Å². The smallest absolute Gasteiger partial charge is 0.229 e. The van der Waals surface area contributed by atoms with Crippen molar-refractivity contribution in [1.29, 1.82) is 0 Å². The number of nitrogens with zero attached hydrogens (tertiary/aromatic N) is 4. The number of hydrogen-bond donors (Lipinski definition) is 3. The van der Waals surface area contributed by atoms with E-state index in [1.807, 2.05) is 30.3 Å². The van der Waals surface area contributed by atoms with E-state index in [9.17, 15) is 0 Å². The minimum absolute atomic E-state index is 0.457. The van der Waals surface area contributed by atoms with E-state index in [1.165, 1.54) is 22.5 Å². The average Bonchev–Trinajstić information content (AvgIpc) is 3.11. The maximum atomic E-state index is 5.64. The number of rotatable bonds is 5. The fourth-order valence-corrected chi connectivity index (χ4v) is 3.37. The molecule has 0 fully saturated rings. The zero-order valence-corrected chi connectivity index (χ0v) is 16.3. The Kier molecular flexibility index (Phi) is 4.86. The number of hydrogen-bond acceptors (Lipinski definition) is 8. The third-order valence-electron chi connectivity index (χ3n) is 4.13. The molecule has 0 saturated carbocycles. The monoisotopic (exact) mass is 389 g/mol. The Balaban J connectivity index is 1.48. The molecule has 0 amide bonds. The van der Waals surface area contributed by atoms with E-state index in [4.69, 9.17) is 5.73 Å². The van der Waals surface area contributed by atoms with Gasteiger partial charge in [-0.1, -0.05) is 29.0 Å². The van der Waals surface area contributed by atoms with Crippen LogP contribution in [-0.2, 0) is 0 Å². The van der Waals surface area contributed by atoms with Gasteiger partial charge in [0.1, 0.15) is 10.8 Å². The van der Waals surface area contributed by atoms with Gasteiger partial charge in [0, 0.05) is 23.1 Å². The van der Waals surface area contributed by atoms with Crippen LogP contribution in [0.25, 0.3) is 10.6 Å². The van der Waals surface area contributed by atoms with Crippen LogP contribution < -0.4 is 16.4 Å². The summed E-state index contributed by atoms with van der Waals surface area (Å²) in [5, 5.41) is 15.7. The molecule has 0 saturated heterocycles. The first kappa shape index (κ1) is 17.9. The second kappa shape index (κ2) is 7.61. The minimum atomic E-state index is 0.457. The van der Waals surface area contributed by atoms with Gasteiger partial charge < -0.3 is 16.4 Å². The molecular weight excluding hydrogens is 370 g/mol. The first-order chi connectivity index (χ1) is 13.6. The molecule has 2 heterocycles. The summed E-state index contributed by atoms with van der Waals surface area (Å²) in [6, 6.07) is 15.9. The van der Waals surface area contributed by atoms with E-state index in [0.29, 0.717) is 11.1 Å². The Morgan fingerprint density at radius 3 is 2.46 bits per heavy atom. The lowest BCUT2D eigenvalue weighted by molar-refractivity contribution is 1.10. The van der Waals surface area contributed by atoms with Gasteiger partial charge in [0.05, 0.1) is 0 Å². The quantitative estimate of drug-likeness (QED) is 0.455. The number of benzene rings is 2. The molecule has 4 rings (SSSR count). The van der Waals surface area contributed by atoms with Gasteiger partial charge in [0.2, 0.25) is 11.1 Å². The molecule has 4 N–H and O–H groups in total. The highest BCUT2D eigenvalue weighted by atomic mass is 32.1. The normalized spacial score (nSPS) is 10.6. The zero-order valence-electron chi connectivity index (χ0n) is 15.5. The lowest BCUT2D eigenvalue weighted by Crippen LogP contribution is -2.01. The Labute approximate surface area is 166 Å². The summed E-state index contributed by atoms with van der Waals surface area (Å²) < 4.78 is 0. The van der Waals surface area contributed by atoms with Crippen LogP contribution in [0.3, 0.4) is 0 Å². The molecule has 0 radical (unpaired) electrons. The highest BCUT2D eigenvalue weighted by molar-refractivity contribution is 7.18. The first-order valence-electron chi connectivity index (χ1n) is 8.70. The summed E-state index contributed by atoms with van der Waals surface area (Å²) in [7, 11) is 0. The summed E-state index contributed by atoms with van der Waals surface area (Å²) in [5.41, 5.74) is 10.9. The van der Waals surface area contributed by atoms with E-state index in [2.05, 4.69) is 62.8 Å². The standard InChI is InChI=1S/C20H19N7S/c1-12-3-8-16(13(2)11-12)24-17-9-10-22-20(25-17)23-15-6-4-14(5-7-15)18-26-27-19(21)28-18/h3-11H,1-2H3,(H2,21,27)(H2,22,23,24,25). The lowest BCUT2D eigenvalue weighted by atomic mass is 10.1. The fourth-order valence-electron chi connectivity index (χ4n) is 2.76. The van der Waals surface area contributed by atoms with Gasteiger partial charge in [-0.05, 0) is 55.8 Å². The predicted octanol–water partition coefficient (Wildman–Crippen LogP) is 4.68. The van der Waals surface area contributed by atoms with Crippen LogP contribution in [0.1, 0.15) is 11.1 Å². The summed E-state index contributed by atoms with van der Waals surface area (Å²) in [4.78, 5) is 8.84. The molecule has 7 nitrogen and oxygen atoms in total. The molecule has 4 aromatic rings. The second-order valence-corrected chi connectivity index (χ2v) is 7.37. The van der Waals surface area contributed by atoms with Crippen molar-refractivity contribution in [2.75, 3.05) is 16.4 Å². The van der Waals surface area contributed by atoms with Crippen molar-refractivity contribution >= 4 is 39.6 Å². The van der Waals surface area contributed by atoms with Gasteiger partial charge in [-0.2, -0.15) is 4.98 Å². The van der Waals surface area contributed by atoms with Crippen molar-refractivity contribution in [2.24, 2.45) is 0 Å². The number of aryl methyl sites for hydroxylation is 2. The maximum Gasteiger partial charge on any atom is 0.229 e. The van der Waals surface area contributed by atoms with E-state index < -0.39 is 0 Å². The molecule has 0 atom stereocenters. The third-order valence-corrected chi connectivity index (χ3v) is 4.93. The van der Waals surface area contributed by atoms with E-state index >= 15 is 0 Å². The highest BCUT2D eigenvalue weighted by Gasteiger charge is 2.06. The van der Waals surface area contributed by atoms with Crippen molar-refractivity contribution in [3.8, 4) is 10.6 Å². The molecule has 0 aliphatic carbocycles. The van der Waals surface area contributed by atoms with E-state index in [-0.39, 0.29) is 0 Å².